The van der Waals surface area contributed by atoms with E-state index in [0.29, 0.717) is 37.0 Å². The van der Waals surface area contributed by atoms with Crippen LogP contribution in [0, 0.1) is 30.6 Å². The van der Waals surface area contributed by atoms with Gasteiger partial charge in [-0.3, -0.25) is 19.2 Å². The van der Waals surface area contributed by atoms with Crippen LogP contribution in [0.1, 0.15) is 35.4 Å². The van der Waals surface area contributed by atoms with Gasteiger partial charge >= 0.3 is 0 Å². The Morgan fingerprint density at radius 1 is 0.796 bits per heavy atom. The summed E-state index contributed by atoms with van der Waals surface area (Å²) in [4.78, 5) is 61.0. The van der Waals surface area contributed by atoms with Gasteiger partial charge in [-0.25, -0.2) is 9.80 Å². The van der Waals surface area contributed by atoms with Crippen molar-refractivity contribution in [2.75, 3.05) is 9.80 Å². The molecule has 0 radical (unpaired) electrons. The average molecular weight is 756 g/mol. The third-order valence-corrected chi connectivity index (χ3v) is 12.0. The number of hydrogen-bond acceptors (Lipinski definition) is 5. The number of phenols is 1. The van der Waals surface area contributed by atoms with Crippen LogP contribution in [-0.2, 0) is 24.6 Å². The number of imide groups is 2. The molecule has 3 fully saturated rings. The molecule has 8 rings (SSSR count). The summed E-state index contributed by atoms with van der Waals surface area (Å²) in [6.07, 6.45) is 2.38. The molecule has 6 atom stereocenters. The fraction of sp³-hybridized carbons (Fsp3) is 0.231. The van der Waals surface area contributed by atoms with E-state index in [9.17, 15) is 19.5 Å². The van der Waals surface area contributed by atoms with Gasteiger partial charge in [0.1, 0.15) is 5.75 Å². The molecule has 0 spiro atoms. The molecule has 2 saturated heterocycles. The smallest absolute Gasteiger partial charge is 0.246 e. The van der Waals surface area contributed by atoms with Crippen LogP contribution in [0.4, 0.5) is 11.4 Å². The molecule has 0 aromatic heterocycles. The number of carbonyl (C=O) groups excluding carboxylic acids is 4. The minimum absolute atomic E-state index is 0.0443. The van der Waals surface area contributed by atoms with E-state index >= 15 is 4.79 Å². The van der Waals surface area contributed by atoms with Crippen LogP contribution in [0.5, 0.6) is 5.75 Å². The number of nitrogens with zero attached hydrogens (tertiary/aromatic N) is 2. The van der Waals surface area contributed by atoms with Crippen molar-refractivity contribution in [1.82, 2.24) is 0 Å². The minimum atomic E-state index is -1.48. The zero-order chi connectivity index (χ0) is 34.4. The molecule has 2 heterocycles. The molecule has 49 heavy (non-hydrogen) atoms. The second-order valence-corrected chi connectivity index (χ2v) is 15.0. The summed E-state index contributed by atoms with van der Waals surface area (Å²) in [5, 5.41) is 12.3. The highest BCUT2D eigenvalue weighted by molar-refractivity contribution is 9.10. The second-order valence-electron chi connectivity index (χ2n) is 13.2. The summed E-state index contributed by atoms with van der Waals surface area (Å²) < 4.78 is 0.675. The molecule has 7 nitrogen and oxygen atoms in total. The normalized spacial score (nSPS) is 27.6. The van der Waals surface area contributed by atoms with Crippen LogP contribution < -0.4 is 9.80 Å². The number of halogens is 3. The summed E-state index contributed by atoms with van der Waals surface area (Å²) in [6, 6.07) is 26.0. The number of rotatable bonds is 4. The van der Waals surface area contributed by atoms with Gasteiger partial charge in [0.15, 0.2) is 0 Å². The van der Waals surface area contributed by atoms with Crippen molar-refractivity contribution in [2.45, 2.75) is 31.1 Å². The van der Waals surface area contributed by atoms with Gasteiger partial charge in [-0.15, -0.1) is 0 Å². The van der Waals surface area contributed by atoms with Crippen molar-refractivity contribution < 1.29 is 24.3 Å². The highest BCUT2D eigenvalue weighted by atomic mass is 79.9. The number of hydrogen-bond donors (Lipinski definition) is 1. The van der Waals surface area contributed by atoms with Gasteiger partial charge in [0, 0.05) is 26.0 Å². The maximum atomic E-state index is 15.3. The van der Waals surface area contributed by atoms with Gasteiger partial charge in [-0.2, -0.15) is 0 Å². The number of amides is 4. The predicted octanol–water partition coefficient (Wildman–Crippen LogP) is 8.14. The number of benzene rings is 4. The Morgan fingerprint density at radius 2 is 1.55 bits per heavy atom. The summed E-state index contributed by atoms with van der Waals surface area (Å²) in [5.41, 5.74) is 1.91. The Kier molecular flexibility index (Phi) is 7.63. The third kappa shape index (κ3) is 4.60. The van der Waals surface area contributed by atoms with E-state index in [1.807, 2.05) is 43.3 Å². The first-order valence-corrected chi connectivity index (χ1v) is 17.6. The van der Waals surface area contributed by atoms with Gasteiger partial charge in [-0.05, 0) is 85.3 Å². The first-order chi connectivity index (χ1) is 23.5. The van der Waals surface area contributed by atoms with Crippen LogP contribution in [-0.4, -0.2) is 28.7 Å². The topological polar surface area (TPSA) is 95.0 Å². The van der Waals surface area contributed by atoms with Crippen molar-refractivity contribution in [3.8, 4) is 5.75 Å². The number of aromatic hydroxyl groups is 1. The zero-order valence-electron chi connectivity index (χ0n) is 26.1. The van der Waals surface area contributed by atoms with E-state index in [2.05, 4.69) is 15.9 Å². The van der Waals surface area contributed by atoms with Gasteiger partial charge in [0.25, 0.3) is 0 Å². The lowest BCUT2D eigenvalue weighted by Gasteiger charge is -2.50. The lowest BCUT2D eigenvalue weighted by molar-refractivity contribution is -0.127. The monoisotopic (exact) mass is 754 g/mol. The molecule has 2 aliphatic carbocycles. The molecule has 4 aromatic rings. The maximum Gasteiger partial charge on any atom is 0.246 e. The van der Waals surface area contributed by atoms with E-state index in [0.717, 1.165) is 11.1 Å². The maximum absolute atomic E-state index is 15.3. The number of fused-ring (bicyclic) bond motifs is 4. The van der Waals surface area contributed by atoms with Gasteiger partial charge in [0.05, 0.1) is 34.5 Å². The molecule has 6 unspecified atom stereocenters. The zero-order valence-corrected chi connectivity index (χ0v) is 29.2. The number of aryl methyl sites for hydroxylation is 1. The van der Waals surface area contributed by atoms with Crippen LogP contribution in [0.25, 0.3) is 0 Å². The van der Waals surface area contributed by atoms with Gasteiger partial charge < -0.3 is 5.11 Å². The summed E-state index contributed by atoms with van der Waals surface area (Å²) >= 11 is 16.4. The number of anilines is 2. The van der Waals surface area contributed by atoms with E-state index in [4.69, 9.17) is 23.2 Å². The summed E-state index contributed by atoms with van der Waals surface area (Å²) in [6.45, 7) is 1.85. The molecule has 4 amide bonds. The van der Waals surface area contributed by atoms with Crippen molar-refractivity contribution in [2.24, 2.45) is 23.7 Å². The Hall–Kier alpha value is -4.24. The average Bonchev–Trinajstić information content (AvgIpc) is 3.48. The fourth-order valence-electron chi connectivity index (χ4n) is 8.82. The van der Waals surface area contributed by atoms with Crippen molar-refractivity contribution in [1.29, 1.82) is 0 Å². The fourth-order valence-corrected chi connectivity index (χ4v) is 9.56. The molecule has 246 valence electrons. The molecule has 10 heteroatoms. The molecular weight excluding hydrogens is 727 g/mol. The van der Waals surface area contributed by atoms with Crippen LogP contribution >= 0.6 is 39.1 Å². The molecule has 4 aromatic carbocycles. The molecule has 1 saturated carbocycles. The minimum Gasteiger partial charge on any atom is -0.508 e. The molecule has 1 N–H and O–H groups in total. The highest BCUT2D eigenvalue weighted by Gasteiger charge is 2.70. The molecular formula is C39H29BrCl2N2O5. The quantitative estimate of drug-likeness (QED) is 0.168. The lowest BCUT2D eigenvalue weighted by atomic mass is 9.49. The highest BCUT2D eigenvalue weighted by Crippen LogP contribution is 2.65. The standard InChI is InChI=1S/C39H29BrCl2N2O5/c1-20-10-12-25(18-31(20)42)43-35(46)27-14-13-26-28(33(27)37(43)48)19-30-36(47)44(24-9-5-8-23(41)17-24)38(49)39(30,21-6-3-2-4-7-21)34(26)29-16-22(40)11-15-32(29)45/h2-13,15-18,27-28,30,33-34,45H,14,19H2,1H3. The first-order valence-electron chi connectivity index (χ1n) is 16.1. The molecule has 2 aliphatic heterocycles. The van der Waals surface area contributed by atoms with Crippen LogP contribution in [0.15, 0.2) is 107 Å². The third-order valence-electron chi connectivity index (χ3n) is 10.9. The van der Waals surface area contributed by atoms with E-state index in [-0.39, 0.29) is 30.4 Å². The Bertz CT molecular complexity index is 2140. The first kappa shape index (κ1) is 32.0. The van der Waals surface area contributed by atoms with E-state index in [1.54, 1.807) is 60.7 Å². The van der Waals surface area contributed by atoms with Crippen molar-refractivity contribution in [3.05, 3.63) is 134 Å². The Morgan fingerprint density at radius 3 is 2.29 bits per heavy atom. The predicted molar refractivity (Wildman–Crippen MR) is 191 cm³/mol. The second kappa shape index (κ2) is 11.7. The Labute approximate surface area is 301 Å². The van der Waals surface area contributed by atoms with Crippen molar-refractivity contribution >= 4 is 74.1 Å². The van der Waals surface area contributed by atoms with Crippen molar-refractivity contribution in [3.63, 3.8) is 0 Å². The summed E-state index contributed by atoms with van der Waals surface area (Å²) in [7, 11) is 0. The van der Waals surface area contributed by atoms with Crippen LogP contribution in [0.2, 0.25) is 10.0 Å². The molecule has 0 bridgehead atoms. The van der Waals surface area contributed by atoms with E-state index in [1.165, 1.54) is 9.80 Å². The number of allylic oxidation sites excluding steroid dienone is 2. The lowest BCUT2D eigenvalue weighted by Crippen LogP contribution is -2.53. The summed E-state index contributed by atoms with van der Waals surface area (Å²) in [5.74, 6) is -5.36. The van der Waals surface area contributed by atoms with Gasteiger partial charge in [0.2, 0.25) is 23.6 Å². The number of phenolic OH excluding ortho intramolecular Hbond substituents is 1. The van der Waals surface area contributed by atoms with Crippen LogP contribution in [0.3, 0.4) is 0 Å². The largest absolute Gasteiger partial charge is 0.508 e. The van der Waals surface area contributed by atoms with E-state index < -0.39 is 46.8 Å². The van der Waals surface area contributed by atoms with Gasteiger partial charge in [-0.1, -0.05) is 93.2 Å². The SMILES string of the molecule is Cc1ccc(N2C(=O)C3CC=C4C(CC5C(=O)N(c6cccc(Cl)c6)C(=O)C5(c5ccccc5)C4c4cc(Br)ccc4O)C3C2=O)cc1Cl. The number of carbonyl (C=O) groups is 4. The Balaban J connectivity index is 1.36. The molecule has 4 aliphatic rings.